The van der Waals surface area contributed by atoms with Gasteiger partial charge in [-0.15, -0.1) is 0 Å². The lowest BCUT2D eigenvalue weighted by atomic mass is 10.1. The maximum absolute atomic E-state index is 11.8. The number of esters is 1. The second-order valence-corrected chi connectivity index (χ2v) is 7.39. The van der Waals surface area contributed by atoms with Crippen molar-refractivity contribution in [3.8, 4) is 5.75 Å². The van der Waals surface area contributed by atoms with Gasteiger partial charge in [-0.05, 0) is 48.4 Å². The molecule has 0 amide bonds. The summed E-state index contributed by atoms with van der Waals surface area (Å²) in [5, 5.41) is 1.68. The number of benzene rings is 2. The lowest BCUT2D eigenvalue weighted by Gasteiger charge is -2.17. The number of hydrogen-bond donors (Lipinski definition) is 0. The number of fused-ring (bicyclic) bond motifs is 1. The topological polar surface area (TPSA) is 40.5 Å². The van der Waals surface area contributed by atoms with Crippen LogP contribution in [0.25, 0.3) is 10.9 Å². The molecule has 1 aromatic heterocycles. The van der Waals surface area contributed by atoms with Crippen molar-refractivity contribution >= 4 is 28.5 Å². The molecular weight excluding hydrogens is 374 g/mol. The summed E-state index contributed by atoms with van der Waals surface area (Å²) in [6.07, 6.45) is 4.21. The van der Waals surface area contributed by atoms with E-state index in [4.69, 9.17) is 21.1 Å². The zero-order valence-corrected chi connectivity index (χ0v) is 17.3. The highest BCUT2D eigenvalue weighted by atomic mass is 35.5. The molecule has 5 heteroatoms. The second kappa shape index (κ2) is 9.16. The van der Waals surface area contributed by atoms with Crippen LogP contribution >= 0.6 is 11.6 Å². The van der Waals surface area contributed by atoms with Crippen LogP contribution < -0.4 is 4.74 Å². The Labute approximate surface area is 171 Å². The van der Waals surface area contributed by atoms with Gasteiger partial charge >= 0.3 is 5.97 Å². The zero-order chi connectivity index (χ0) is 20.1. The fourth-order valence-corrected chi connectivity index (χ4v) is 3.51. The van der Waals surface area contributed by atoms with E-state index in [0.29, 0.717) is 29.7 Å². The Kier molecular flexibility index (Phi) is 6.63. The first-order chi connectivity index (χ1) is 13.5. The highest BCUT2D eigenvalue weighted by Gasteiger charge is 2.12. The molecule has 2 aromatic carbocycles. The molecule has 0 spiro atoms. The SMILES string of the molecule is CCC(CC)COc1ccc(Cl)cc1Cn1ccc2cc(C(=O)OC)ccc21. The van der Waals surface area contributed by atoms with Gasteiger partial charge in [0.15, 0.2) is 0 Å². The van der Waals surface area contributed by atoms with Crippen molar-refractivity contribution in [2.45, 2.75) is 33.2 Å². The zero-order valence-electron chi connectivity index (χ0n) is 16.6. The van der Waals surface area contributed by atoms with Gasteiger partial charge in [0.1, 0.15) is 5.75 Å². The van der Waals surface area contributed by atoms with E-state index in [1.165, 1.54) is 7.11 Å². The maximum Gasteiger partial charge on any atom is 0.337 e. The molecule has 0 saturated carbocycles. The third-order valence-electron chi connectivity index (χ3n) is 5.18. The van der Waals surface area contributed by atoms with Crippen LogP contribution in [0.5, 0.6) is 5.75 Å². The van der Waals surface area contributed by atoms with Gasteiger partial charge < -0.3 is 14.0 Å². The molecule has 3 aromatic rings. The van der Waals surface area contributed by atoms with Crippen LogP contribution in [0.3, 0.4) is 0 Å². The van der Waals surface area contributed by atoms with E-state index in [1.807, 2.05) is 42.6 Å². The molecule has 0 aliphatic rings. The van der Waals surface area contributed by atoms with Crippen LogP contribution in [0.15, 0.2) is 48.7 Å². The molecule has 0 aliphatic carbocycles. The summed E-state index contributed by atoms with van der Waals surface area (Å²) >= 11 is 6.25. The lowest BCUT2D eigenvalue weighted by Crippen LogP contribution is -2.11. The molecule has 3 rings (SSSR count). The largest absolute Gasteiger partial charge is 0.493 e. The molecule has 0 radical (unpaired) electrons. The monoisotopic (exact) mass is 399 g/mol. The van der Waals surface area contributed by atoms with Gasteiger partial charge in [0.2, 0.25) is 0 Å². The fourth-order valence-electron chi connectivity index (χ4n) is 3.31. The van der Waals surface area contributed by atoms with Crippen LogP contribution in [0.4, 0.5) is 0 Å². The van der Waals surface area contributed by atoms with Crippen molar-refractivity contribution in [2.75, 3.05) is 13.7 Å². The number of halogens is 1. The lowest BCUT2D eigenvalue weighted by molar-refractivity contribution is 0.0601. The van der Waals surface area contributed by atoms with Crippen LogP contribution in [-0.2, 0) is 11.3 Å². The average Bonchev–Trinajstić information content (AvgIpc) is 3.11. The Bertz CT molecular complexity index is 960. The number of carbonyl (C=O) groups is 1. The van der Waals surface area contributed by atoms with Crippen molar-refractivity contribution in [1.82, 2.24) is 4.57 Å². The molecular formula is C23H26ClNO3. The molecule has 0 unspecified atom stereocenters. The third kappa shape index (κ3) is 4.50. The summed E-state index contributed by atoms with van der Waals surface area (Å²) in [6.45, 7) is 5.72. The minimum Gasteiger partial charge on any atom is -0.493 e. The van der Waals surface area contributed by atoms with Gasteiger partial charge in [0.25, 0.3) is 0 Å². The number of methoxy groups -OCH3 is 1. The van der Waals surface area contributed by atoms with Crippen molar-refractivity contribution < 1.29 is 14.3 Å². The number of aromatic nitrogens is 1. The average molecular weight is 400 g/mol. The first-order valence-corrected chi connectivity index (χ1v) is 10.0. The minimum absolute atomic E-state index is 0.332. The Morgan fingerprint density at radius 1 is 1.11 bits per heavy atom. The summed E-state index contributed by atoms with van der Waals surface area (Å²) in [5.74, 6) is 1.08. The van der Waals surface area contributed by atoms with Gasteiger partial charge in [-0.2, -0.15) is 0 Å². The number of hydrogen-bond acceptors (Lipinski definition) is 3. The Morgan fingerprint density at radius 2 is 1.89 bits per heavy atom. The van der Waals surface area contributed by atoms with Crippen molar-refractivity contribution in [3.63, 3.8) is 0 Å². The maximum atomic E-state index is 11.8. The van der Waals surface area contributed by atoms with E-state index in [1.54, 1.807) is 6.07 Å². The molecule has 1 heterocycles. The third-order valence-corrected chi connectivity index (χ3v) is 5.42. The second-order valence-electron chi connectivity index (χ2n) is 6.95. The predicted molar refractivity (Wildman–Crippen MR) is 113 cm³/mol. The van der Waals surface area contributed by atoms with Gasteiger partial charge in [-0.3, -0.25) is 0 Å². The van der Waals surface area contributed by atoms with E-state index in [0.717, 1.165) is 35.1 Å². The standard InChI is InChI=1S/C23H26ClNO3/c1-4-16(5-2)15-28-22-9-7-20(24)13-19(22)14-25-11-10-17-12-18(23(26)27-3)6-8-21(17)25/h6-13,16H,4-5,14-15H2,1-3H3. The minimum atomic E-state index is -0.332. The fraction of sp³-hybridized carbons (Fsp3) is 0.348. The molecule has 4 nitrogen and oxygen atoms in total. The smallest absolute Gasteiger partial charge is 0.337 e. The normalized spacial score (nSPS) is 11.2. The van der Waals surface area contributed by atoms with E-state index in [9.17, 15) is 4.79 Å². The summed E-state index contributed by atoms with van der Waals surface area (Å²) < 4.78 is 13.1. The van der Waals surface area contributed by atoms with E-state index in [-0.39, 0.29) is 5.97 Å². The molecule has 0 bridgehead atoms. The Balaban J connectivity index is 1.86. The quantitative estimate of drug-likeness (QED) is 0.440. The number of ether oxygens (including phenoxy) is 2. The van der Waals surface area contributed by atoms with E-state index in [2.05, 4.69) is 18.4 Å². The molecule has 0 N–H and O–H groups in total. The van der Waals surface area contributed by atoms with Crippen molar-refractivity contribution in [1.29, 1.82) is 0 Å². The Hall–Kier alpha value is -2.46. The van der Waals surface area contributed by atoms with Crippen molar-refractivity contribution in [3.05, 3.63) is 64.8 Å². The van der Waals surface area contributed by atoms with Crippen LogP contribution in [-0.4, -0.2) is 24.3 Å². The number of nitrogens with zero attached hydrogens (tertiary/aromatic N) is 1. The van der Waals surface area contributed by atoms with Crippen LogP contribution in [0.1, 0.15) is 42.6 Å². The van der Waals surface area contributed by atoms with E-state index >= 15 is 0 Å². The van der Waals surface area contributed by atoms with Crippen LogP contribution in [0, 0.1) is 5.92 Å². The van der Waals surface area contributed by atoms with Gasteiger partial charge in [-0.1, -0.05) is 38.3 Å². The van der Waals surface area contributed by atoms with Crippen LogP contribution in [0.2, 0.25) is 5.02 Å². The molecule has 28 heavy (non-hydrogen) atoms. The molecule has 0 fully saturated rings. The molecule has 0 atom stereocenters. The summed E-state index contributed by atoms with van der Waals surface area (Å²) in [5.41, 5.74) is 2.62. The van der Waals surface area contributed by atoms with Crippen molar-refractivity contribution in [2.24, 2.45) is 5.92 Å². The summed E-state index contributed by atoms with van der Waals surface area (Å²) in [7, 11) is 1.39. The highest BCUT2D eigenvalue weighted by molar-refractivity contribution is 6.30. The summed E-state index contributed by atoms with van der Waals surface area (Å²) in [4.78, 5) is 11.8. The number of carbonyl (C=O) groups excluding carboxylic acids is 1. The number of rotatable bonds is 8. The van der Waals surface area contributed by atoms with Gasteiger partial charge in [0, 0.05) is 27.7 Å². The van der Waals surface area contributed by atoms with Gasteiger partial charge in [-0.25, -0.2) is 4.79 Å². The molecule has 0 saturated heterocycles. The van der Waals surface area contributed by atoms with E-state index < -0.39 is 0 Å². The first kappa shape index (κ1) is 20.3. The first-order valence-electron chi connectivity index (χ1n) is 9.64. The van der Waals surface area contributed by atoms with Gasteiger partial charge in [0.05, 0.1) is 25.8 Å². The highest BCUT2D eigenvalue weighted by Crippen LogP contribution is 2.27. The molecule has 0 aliphatic heterocycles. The predicted octanol–water partition coefficient (Wildman–Crippen LogP) is 5.94. The molecule has 148 valence electrons. The Morgan fingerprint density at radius 3 is 2.61 bits per heavy atom. The summed E-state index contributed by atoms with van der Waals surface area (Å²) in [6, 6.07) is 13.3.